The van der Waals surface area contributed by atoms with Gasteiger partial charge in [0.1, 0.15) is 5.82 Å². The molecule has 2 heterocycles. The van der Waals surface area contributed by atoms with Gasteiger partial charge in [-0.25, -0.2) is 4.98 Å². The molecule has 2 aliphatic rings. The van der Waals surface area contributed by atoms with E-state index >= 15 is 0 Å². The highest BCUT2D eigenvalue weighted by Crippen LogP contribution is 2.40. The fourth-order valence-corrected chi connectivity index (χ4v) is 4.80. The van der Waals surface area contributed by atoms with Crippen LogP contribution in [0.3, 0.4) is 0 Å². The zero-order valence-corrected chi connectivity index (χ0v) is 17.3. The van der Waals surface area contributed by atoms with E-state index in [2.05, 4.69) is 54.2 Å². The van der Waals surface area contributed by atoms with Crippen molar-refractivity contribution in [2.45, 2.75) is 44.4 Å². The first-order valence-corrected chi connectivity index (χ1v) is 10.7. The lowest BCUT2D eigenvalue weighted by Crippen LogP contribution is -2.36. The highest BCUT2D eigenvalue weighted by atomic mass is 15.2. The van der Waals surface area contributed by atoms with E-state index in [1.54, 1.807) is 0 Å². The van der Waals surface area contributed by atoms with Crippen molar-refractivity contribution in [3.63, 3.8) is 0 Å². The zero-order chi connectivity index (χ0) is 19.5. The second kappa shape index (κ2) is 8.48. The third-order valence-electron chi connectivity index (χ3n) is 6.38. The topological polar surface area (TPSA) is 58.3 Å². The monoisotopic (exact) mass is 379 g/mol. The first-order valence-electron chi connectivity index (χ1n) is 10.7. The Labute approximate surface area is 169 Å². The van der Waals surface area contributed by atoms with Gasteiger partial charge < -0.3 is 15.5 Å². The van der Waals surface area contributed by atoms with Crippen molar-refractivity contribution in [2.75, 3.05) is 44.4 Å². The number of hydrogen-bond acceptors (Lipinski definition) is 5. The van der Waals surface area contributed by atoms with Crippen LogP contribution in [0.15, 0.2) is 30.3 Å². The van der Waals surface area contributed by atoms with E-state index in [0.717, 1.165) is 43.4 Å². The molecule has 0 saturated carbocycles. The molecular formula is C23H33N5. The van der Waals surface area contributed by atoms with E-state index in [-0.39, 0.29) is 0 Å². The molecule has 2 N–H and O–H groups in total. The number of aromatic nitrogens is 2. The summed E-state index contributed by atoms with van der Waals surface area (Å²) in [5.41, 5.74) is 10.0. The van der Waals surface area contributed by atoms with Crippen LogP contribution >= 0.6 is 0 Å². The van der Waals surface area contributed by atoms with Crippen molar-refractivity contribution in [3.8, 4) is 0 Å². The predicted octanol–water partition coefficient (Wildman–Crippen LogP) is 3.70. The molecular weight excluding hydrogens is 346 g/mol. The van der Waals surface area contributed by atoms with Crippen LogP contribution in [0, 0.1) is 5.92 Å². The molecule has 0 spiro atoms. The Kier molecular flexibility index (Phi) is 5.81. The third kappa shape index (κ3) is 4.14. The van der Waals surface area contributed by atoms with E-state index < -0.39 is 0 Å². The van der Waals surface area contributed by atoms with Crippen LogP contribution < -0.4 is 10.6 Å². The summed E-state index contributed by atoms with van der Waals surface area (Å²) < 4.78 is 0. The average Bonchev–Trinajstić information content (AvgIpc) is 2.72. The second-order valence-corrected chi connectivity index (χ2v) is 8.65. The van der Waals surface area contributed by atoms with Crippen molar-refractivity contribution in [1.29, 1.82) is 0 Å². The SMILES string of the molecule is CN(C)CCC1CCN(c2nc(N)nc3c2CCCC3c2ccccc2)CC1. The van der Waals surface area contributed by atoms with Gasteiger partial charge in [-0.05, 0) is 70.6 Å². The van der Waals surface area contributed by atoms with Gasteiger partial charge in [0.15, 0.2) is 0 Å². The van der Waals surface area contributed by atoms with Gasteiger partial charge in [-0.1, -0.05) is 30.3 Å². The molecule has 2 aromatic rings. The number of piperidine rings is 1. The number of nitrogens with two attached hydrogens (primary N) is 1. The fourth-order valence-electron chi connectivity index (χ4n) is 4.80. The molecule has 1 atom stereocenters. The zero-order valence-electron chi connectivity index (χ0n) is 17.3. The fraction of sp³-hybridized carbons (Fsp3) is 0.565. The highest BCUT2D eigenvalue weighted by Gasteiger charge is 2.30. The number of nitrogen functional groups attached to an aromatic ring is 1. The maximum absolute atomic E-state index is 6.18. The lowest BCUT2D eigenvalue weighted by molar-refractivity contribution is 0.312. The van der Waals surface area contributed by atoms with Gasteiger partial charge in [0, 0.05) is 24.6 Å². The maximum Gasteiger partial charge on any atom is 0.222 e. The minimum Gasteiger partial charge on any atom is -0.368 e. The number of fused-ring (bicyclic) bond motifs is 1. The summed E-state index contributed by atoms with van der Waals surface area (Å²) in [5, 5.41) is 0. The van der Waals surface area contributed by atoms with Gasteiger partial charge in [-0.15, -0.1) is 0 Å². The minimum absolute atomic E-state index is 0.339. The van der Waals surface area contributed by atoms with Gasteiger partial charge in [-0.3, -0.25) is 0 Å². The van der Waals surface area contributed by atoms with Crippen LogP contribution in [0.2, 0.25) is 0 Å². The molecule has 0 radical (unpaired) electrons. The van der Waals surface area contributed by atoms with Gasteiger partial charge in [0.25, 0.3) is 0 Å². The van der Waals surface area contributed by atoms with Crippen molar-refractivity contribution in [1.82, 2.24) is 14.9 Å². The van der Waals surface area contributed by atoms with Crippen LogP contribution in [0.1, 0.15) is 54.8 Å². The van der Waals surface area contributed by atoms with Crippen molar-refractivity contribution >= 4 is 11.8 Å². The Morgan fingerprint density at radius 1 is 1.07 bits per heavy atom. The number of benzene rings is 1. The molecule has 5 nitrogen and oxygen atoms in total. The van der Waals surface area contributed by atoms with Crippen LogP contribution in [0.5, 0.6) is 0 Å². The summed E-state index contributed by atoms with van der Waals surface area (Å²) in [6.45, 7) is 3.34. The molecule has 5 heteroatoms. The summed E-state index contributed by atoms with van der Waals surface area (Å²) in [4.78, 5) is 14.2. The molecule has 1 aliphatic heterocycles. The largest absolute Gasteiger partial charge is 0.368 e. The Bertz CT molecular complexity index is 781. The number of anilines is 2. The molecule has 0 amide bonds. The van der Waals surface area contributed by atoms with E-state index in [0.29, 0.717) is 11.9 Å². The molecule has 0 bridgehead atoms. The Morgan fingerprint density at radius 3 is 2.54 bits per heavy atom. The summed E-state index contributed by atoms with van der Waals surface area (Å²) in [5.74, 6) is 2.69. The molecule has 150 valence electrons. The van der Waals surface area contributed by atoms with E-state index in [9.17, 15) is 0 Å². The molecule has 28 heavy (non-hydrogen) atoms. The first kappa shape index (κ1) is 19.2. The summed E-state index contributed by atoms with van der Waals surface area (Å²) in [6, 6.07) is 10.7. The molecule has 1 aromatic heterocycles. The van der Waals surface area contributed by atoms with Gasteiger partial charge in [0.2, 0.25) is 5.95 Å². The maximum atomic E-state index is 6.18. The van der Waals surface area contributed by atoms with Gasteiger partial charge >= 0.3 is 0 Å². The minimum atomic E-state index is 0.339. The summed E-state index contributed by atoms with van der Waals surface area (Å²) in [7, 11) is 4.32. The lowest BCUT2D eigenvalue weighted by atomic mass is 9.82. The van der Waals surface area contributed by atoms with E-state index in [1.807, 2.05) is 0 Å². The van der Waals surface area contributed by atoms with Crippen LogP contribution in [-0.4, -0.2) is 48.6 Å². The van der Waals surface area contributed by atoms with Gasteiger partial charge in [0.05, 0.1) is 5.69 Å². The molecule has 1 aromatic carbocycles. The second-order valence-electron chi connectivity index (χ2n) is 8.65. The number of hydrogen-bond donors (Lipinski definition) is 1. The average molecular weight is 380 g/mol. The Balaban J connectivity index is 1.56. The van der Waals surface area contributed by atoms with Crippen molar-refractivity contribution in [3.05, 3.63) is 47.2 Å². The molecule has 1 fully saturated rings. The van der Waals surface area contributed by atoms with Crippen LogP contribution in [0.4, 0.5) is 11.8 Å². The Morgan fingerprint density at radius 2 is 1.82 bits per heavy atom. The highest BCUT2D eigenvalue weighted by molar-refractivity contribution is 5.55. The normalized spacial score (nSPS) is 20.4. The Hall–Kier alpha value is -2.14. The van der Waals surface area contributed by atoms with Crippen LogP contribution in [0.25, 0.3) is 0 Å². The van der Waals surface area contributed by atoms with Crippen LogP contribution in [-0.2, 0) is 6.42 Å². The van der Waals surface area contributed by atoms with E-state index in [1.165, 1.54) is 43.4 Å². The van der Waals surface area contributed by atoms with Crippen molar-refractivity contribution in [2.24, 2.45) is 5.92 Å². The quantitative estimate of drug-likeness (QED) is 0.858. The first-order chi connectivity index (χ1) is 13.6. The lowest BCUT2D eigenvalue weighted by Gasteiger charge is -2.36. The number of nitrogens with zero attached hydrogens (tertiary/aromatic N) is 4. The molecule has 4 rings (SSSR count). The van der Waals surface area contributed by atoms with Gasteiger partial charge in [-0.2, -0.15) is 4.98 Å². The third-order valence-corrected chi connectivity index (χ3v) is 6.38. The number of rotatable bonds is 5. The summed E-state index contributed by atoms with van der Waals surface area (Å²) in [6.07, 6.45) is 7.17. The van der Waals surface area contributed by atoms with Crippen molar-refractivity contribution < 1.29 is 0 Å². The molecule has 1 saturated heterocycles. The smallest absolute Gasteiger partial charge is 0.222 e. The summed E-state index contributed by atoms with van der Waals surface area (Å²) >= 11 is 0. The standard InChI is InChI=1S/C23H33N5/c1-27(2)14-11-17-12-15-28(16-13-17)22-20-10-6-9-19(18-7-4-3-5-8-18)21(20)25-23(24)26-22/h3-5,7-8,17,19H,6,9-16H2,1-2H3,(H2,24,25,26). The predicted molar refractivity (Wildman–Crippen MR) is 116 cm³/mol. The molecule has 1 unspecified atom stereocenters. The van der Waals surface area contributed by atoms with E-state index in [4.69, 9.17) is 15.7 Å². The molecule has 1 aliphatic carbocycles.